The van der Waals surface area contributed by atoms with Crippen molar-refractivity contribution in [3.8, 4) is 5.69 Å². The van der Waals surface area contributed by atoms with E-state index in [4.69, 9.17) is 5.11 Å². The Morgan fingerprint density at radius 1 is 1.39 bits per heavy atom. The van der Waals surface area contributed by atoms with Gasteiger partial charge in [-0.05, 0) is 31.2 Å². The van der Waals surface area contributed by atoms with Gasteiger partial charge in [0, 0.05) is 6.42 Å². The molecule has 0 spiro atoms. The zero-order valence-corrected chi connectivity index (χ0v) is 9.80. The molecule has 0 saturated carbocycles. The molecule has 1 heterocycles. The second-order valence-corrected chi connectivity index (χ2v) is 3.86. The largest absolute Gasteiger partial charge is 0.481 e. The molecule has 1 aromatic carbocycles. The van der Waals surface area contributed by atoms with Gasteiger partial charge in [-0.15, -0.1) is 0 Å². The molecule has 0 aliphatic carbocycles. The third kappa shape index (κ3) is 2.71. The van der Waals surface area contributed by atoms with E-state index in [0.717, 1.165) is 0 Å². The average molecular weight is 249 g/mol. The molecule has 94 valence electrons. The molecule has 2 rings (SSSR count). The van der Waals surface area contributed by atoms with Gasteiger partial charge in [-0.3, -0.25) is 4.79 Å². The van der Waals surface area contributed by atoms with Crippen molar-refractivity contribution in [2.75, 3.05) is 0 Å². The van der Waals surface area contributed by atoms with Crippen LogP contribution in [0.2, 0.25) is 0 Å². The summed E-state index contributed by atoms with van der Waals surface area (Å²) in [5.41, 5.74) is 0.697. The molecule has 0 unspecified atom stereocenters. The fourth-order valence-corrected chi connectivity index (χ4v) is 1.60. The van der Waals surface area contributed by atoms with Crippen LogP contribution in [0.25, 0.3) is 5.69 Å². The molecule has 0 atom stereocenters. The molecule has 1 N–H and O–H groups in total. The Morgan fingerprint density at radius 3 is 2.67 bits per heavy atom. The lowest BCUT2D eigenvalue weighted by Gasteiger charge is -2.01. The number of aliphatic carboxylic acids is 1. The maximum atomic E-state index is 12.8. The lowest BCUT2D eigenvalue weighted by atomic mass is 10.3. The SMILES string of the molecule is Cc1nc(CCC(=O)O)nn1-c1ccc(F)cc1. The summed E-state index contributed by atoms with van der Waals surface area (Å²) in [7, 11) is 0. The summed E-state index contributed by atoms with van der Waals surface area (Å²) in [4.78, 5) is 14.6. The van der Waals surface area contributed by atoms with E-state index < -0.39 is 5.97 Å². The highest BCUT2D eigenvalue weighted by molar-refractivity contribution is 5.66. The number of aryl methyl sites for hydroxylation is 2. The van der Waals surface area contributed by atoms with Gasteiger partial charge in [0.1, 0.15) is 11.6 Å². The number of carbonyl (C=O) groups is 1. The summed E-state index contributed by atoms with van der Waals surface area (Å²) in [5, 5.41) is 12.8. The number of nitrogens with zero attached hydrogens (tertiary/aromatic N) is 3. The molecular formula is C12H12FN3O2. The first-order valence-electron chi connectivity index (χ1n) is 5.46. The predicted molar refractivity (Wildman–Crippen MR) is 62.0 cm³/mol. The van der Waals surface area contributed by atoms with E-state index >= 15 is 0 Å². The van der Waals surface area contributed by atoms with Crippen molar-refractivity contribution >= 4 is 5.97 Å². The number of halogens is 1. The Morgan fingerprint density at radius 2 is 2.06 bits per heavy atom. The monoisotopic (exact) mass is 249 g/mol. The Hall–Kier alpha value is -2.24. The molecule has 0 bridgehead atoms. The number of rotatable bonds is 4. The van der Waals surface area contributed by atoms with Gasteiger partial charge < -0.3 is 5.11 Å². The molecule has 0 aliphatic rings. The van der Waals surface area contributed by atoms with E-state index in [1.165, 1.54) is 12.1 Å². The van der Waals surface area contributed by atoms with E-state index in [9.17, 15) is 9.18 Å². The van der Waals surface area contributed by atoms with E-state index in [2.05, 4.69) is 10.1 Å². The minimum absolute atomic E-state index is 0.00707. The number of carboxylic acid groups (broad SMARTS) is 1. The lowest BCUT2D eigenvalue weighted by molar-refractivity contribution is -0.137. The van der Waals surface area contributed by atoms with Gasteiger partial charge in [-0.1, -0.05) is 0 Å². The van der Waals surface area contributed by atoms with Gasteiger partial charge in [0.05, 0.1) is 12.1 Å². The van der Waals surface area contributed by atoms with Crippen molar-refractivity contribution in [1.82, 2.24) is 14.8 Å². The van der Waals surface area contributed by atoms with Gasteiger partial charge in [-0.25, -0.2) is 14.1 Å². The summed E-state index contributed by atoms with van der Waals surface area (Å²) in [6.07, 6.45) is 0.275. The zero-order chi connectivity index (χ0) is 13.1. The second kappa shape index (κ2) is 4.95. The standard InChI is InChI=1S/C12H12FN3O2/c1-8-14-11(6-7-12(17)18)15-16(8)10-4-2-9(13)3-5-10/h2-5H,6-7H2,1H3,(H,17,18). The van der Waals surface area contributed by atoms with Crippen molar-refractivity contribution in [2.45, 2.75) is 19.8 Å². The summed E-state index contributed by atoms with van der Waals surface area (Å²) in [5.74, 6) is -0.0883. The second-order valence-electron chi connectivity index (χ2n) is 3.86. The number of aromatic nitrogens is 3. The quantitative estimate of drug-likeness (QED) is 0.896. The summed E-state index contributed by atoms with van der Waals surface area (Å²) in [6, 6.07) is 5.87. The highest BCUT2D eigenvalue weighted by atomic mass is 19.1. The lowest BCUT2D eigenvalue weighted by Crippen LogP contribution is -2.01. The summed E-state index contributed by atoms with van der Waals surface area (Å²) < 4.78 is 14.4. The van der Waals surface area contributed by atoms with Crippen molar-refractivity contribution in [1.29, 1.82) is 0 Å². The topological polar surface area (TPSA) is 68.0 Å². The molecule has 18 heavy (non-hydrogen) atoms. The number of hydrogen-bond acceptors (Lipinski definition) is 3. The first kappa shape index (κ1) is 12.2. The Labute approximate surface area is 103 Å². The minimum atomic E-state index is -0.884. The molecule has 1 aromatic heterocycles. The maximum Gasteiger partial charge on any atom is 0.303 e. The Kier molecular flexibility index (Phi) is 3.36. The van der Waals surface area contributed by atoms with Gasteiger partial charge in [0.25, 0.3) is 0 Å². The Bertz CT molecular complexity index is 563. The van der Waals surface area contributed by atoms with E-state index in [0.29, 0.717) is 17.3 Å². The number of hydrogen-bond donors (Lipinski definition) is 1. The normalized spacial score (nSPS) is 10.6. The molecule has 5 nitrogen and oxygen atoms in total. The zero-order valence-electron chi connectivity index (χ0n) is 9.80. The van der Waals surface area contributed by atoms with Gasteiger partial charge in [0.2, 0.25) is 0 Å². The molecule has 0 radical (unpaired) electrons. The molecule has 0 fully saturated rings. The van der Waals surface area contributed by atoms with Crippen LogP contribution < -0.4 is 0 Å². The average Bonchev–Trinajstić information content (AvgIpc) is 2.69. The van der Waals surface area contributed by atoms with Crippen LogP contribution in [0.15, 0.2) is 24.3 Å². The first-order valence-corrected chi connectivity index (χ1v) is 5.46. The van der Waals surface area contributed by atoms with Crippen molar-refractivity contribution in [3.05, 3.63) is 41.7 Å². The van der Waals surface area contributed by atoms with E-state index in [1.54, 1.807) is 23.7 Å². The van der Waals surface area contributed by atoms with Crippen molar-refractivity contribution < 1.29 is 14.3 Å². The van der Waals surface area contributed by atoms with Crippen LogP contribution in [0.4, 0.5) is 4.39 Å². The van der Waals surface area contributed by atoms with E-state index in [-0.39, 0.29) is 18.7 Å². The van der Waals surface area contributed by atoms with Crippen LogP contribution in [-0.2, 0) is 11.2 Å². The molecular weight excluding hydrogens is 237 g/mol. The number of carboxylic acids is 1. The molecule has 0 saturated heterocycles. The smallest absolute Gasteiger partial charge is 0.303 e. The summed E-state index contributed by atoms with van der Waals surface area (Å²) in [6.45, 7) is 1.76. The number of benzene rings is 1. The van der Waals surface area contributed by atoms with Crippen LogP contribution in [0, 0.1) is 12.7 Å². The van der Waals surface area contributed by atoms with Gasteiger partial charge >= 0.3 is 5.97 Å². The highest BCUT2D eigenvalue weighted by Crippen LogP contribution is 2.11. The van der Waals surface area contributed by atoms with Crippen molar-refractivity contribution in [2.24, 2.45) is 0 Å². The van der Waals surface area contributed by atoms with Gasteiger partial charge in [0.15, 0.2) is 5.82 Å². The summed E-state index contributed by atoms with van der Waals surface area (Å²) >= 11 is 0. The molecule has 2 aromatic rings. The first-order chi connectivity index (χ1) is 8.56. The third-order valence-electron chi connectivity index (χ3n) is 2.45. The fourth-order valence-electron chi connectivity index (χ4n) is 1.60. The van der Waals surface area contributed by atoms with E-state index in [1.807, 2.05) is 0 Å². The molecule has 0 aliphatic heterocycles. The Balaban J connectivity index is 2.23. The van der Waals surface area contributed by atoms with Crippen LogP contribution in [-0.4, -0.2) is 25.8 Å². The third-order valence-corrected chi connectivity index (χ3v) is 2.45. The molecule has 6 heteroatoms. The van der Waals surface area contributed by atoms with Crippen LogP contribution in [0.5, 0.6) is 0 Å². The fraction of sp³-hybridized carbons (Fsp3) is 0.250. The highest BCUT2D eigenvalue weighted by Gasteiger charge is 2.09. The van der Waals surface area contributed by atoms with Crippen molar-refractivity contribution in [3.63, 3.8) is 0 Å². The maximum absolute atomic E-state index is 12.8. The minimum Gasteiger partial charge on any atom is -0.481 e. The van der Waals surface area contributed by atoms with Gasteiger partial charge in [-0.2, -0.15) is 5.10 Å². The van der Waals surface area contributed by atoms with Crippen LogP contribution >= 0.6 is 0 Å². The van der Waals surface area contributed by atoms with Crippen LogP contribution in [0.1, 0.15) is 18.1 Å². The molecule has 0 amide bonds. The predicted octanol–water partition coefficient (Wildman–Crippen LogP) is 1.73. The van der Waals surface area contributed by atoms with Crippen LogP contribution in [0.3, 0.4) is 0 Å².